The second-order valence-corrected chi connectivity index (χ2v) is 5.66. The molecule has 1 aromatic carbocycles. The summed E-state index contributed by atoms with van der Waals surface area (Å²) in [7, 11) is 0. The fraction of sp³-hybridized carbons (Fsp3) is 0.167. The van der Waals surface area contributed by atoms with Gasteiger partial charge in [-0.1, -0.05) is 0 Å². The SMILES string of the molecule is Cc1ccc([C@H](C)NC(=O)c2ccc(-n3ncc(C#N)c3N)cc2)o1. The molecule has 0 unspecified atom stereocenters. The molecule has 0 aliphatic rings. The molecule has 2 aromatic heterocycles. The zero-order valence-electron chi connectivity index (χ0n) is 13.9. The molecule has 0 aliphatic heterocycles. The highest BCUT2D eigenvalue weighted by atomic mass is 16.3. The molecule has 0 radical (unpaired) electrons. The average molecular weight is 335 g/mol. The van der Waals surface area contributed by atoms with Crippen LogP contribution in [-0.2, 0) is 0 Å². The van der Waals surface area contributed by atoms with Crippen LogP contribution in [-0.4, -0.2) is 15.7 Å². The third kappa shape index (κ3) is 3.23. The van der Waals surface area contributed by atoms with E-state index in [1.807, 2.05) is 32.0 Å². The second-order valence-electron chi connectivity index (χ2n) is 5.66. The van der Waals surface area contributed by atoms with E-state index in [1.54, 1.807) is 24.3 Å². The Hall–Kier alpha value is -3.53. The Morgan fingerprint density at radius 3 is 2.60 bits per heavy atom. The van der Waals surface area contributed by atoms with Crippen LogP contribution in [0.2, 0.25) is 0 Å². The molecule has 0 spiro atoms. The van der Waals surface area contributed by atoms with E-state index in [0.717, 1.165) is 5.76 Å². The Balaban J connectivity index is 1.74. The van der Waals surface area contributed by atoms with E-state index >= 15 is 0 Å². The number of nitrogen functional groups attached to an aromatic ring is 1. The molecule has 1 atom stereocenters. The van der Waals surface area contributed by atoms with Crippen LogP contribution in [0.4, 0.5) is 5.82 Å². The number of hydrogen-bond acceptors (Lipinski definition) is 5. The molecule has 2 heterocycles. The number of nitrogens with zero attached hydrogens (tertiary/aromatic N) is 3. The summed E-state index contributed by atoms with van der Waals surface area (Å²) < 4.78 is 6.97. The standard InChI is InChI=1S/C18H17N5O2/c1-11-3-8-16(25-11)12(2)22-18(24)13-4-6-15(7-5-13)23-17(20)14(9-19)10-21-23/h3-8,10,12H,20H2,1-2H3,(H,22,24)/t12-/m0/s1. The number of rotatable bonds is 4. The van der Waals surface area contributed by atoms with Crippen molar-refractivity contribution in [2.45, 2.75) is 19.9 Å². The maximum Gasteiger partial charge on any atom is 0.251 e. The lowest BCUT2D eigenvalue weighted by Gasteiger charge is -2.12. The first kappa shape index (κ1) is 16.3. The van der Waals surface area contributed by atoms with Gasteiger partial charge in [-0.2, -0.15) is 10.4 Å². The molecule has 7 nitrogen and oxygen atoms in total. The number of nitrogens with one attached hydrogen (secondary N) is 1. The third-order valence-corrected chi connectivity index (χ3v) is 3.84. The van der Waals surface area contributed by atoms with Crippen LogP contribution in [0.25, 0.3) is 5.69 Å². The van der Waals surface area contributed by atoms with Crippen molar-refractivity contribution < 1.29 is 9.21 Å². The van der Waals surface area contributed by atoms with E-state index in [-0.39, 0.29) is 17.8 Å². The van der Waals surface area contributed by atoms with E-state index in [1.165, 1.54) is 10.9 Å². The van der Waals surface area contributed by atoms with Gasteiger partial charge in [0.25, 0.3) is 5.91 Å². The molecule has 0 bridgehead atoms. The second kappa shape index (κ2) is 6.53. The van der Waals surface area contributed by atoms with Gasteiger partial charge in [-0.05, 0) is 50.2 Å². The first-order valence-electron chi connectivity index (χ1n) is 7.71. The van der Waals surface area contributed by atoms with Crippen LogP contribution < -0.4 is 11.1 Å². The minimum Gasteiger partial charge on any atom is -0.464 e. The van der Waals surface area contributed by atoms with Gasteiger partial charge in [0.1, 0.15) is 29.0 Å². The molecule has 126 valence electrons. The Kier molecular flexibility index (Phi) is 4.27. The Morgan fingerprint density at radius 2 is 2.04 bits per heavy atom. The van der Waals surface area contributed by atoms with Gasteiger partial charge >= 0.3 is 0 Å². The van der Waals surface area contributed by atoms with Gasteiger partial charge in [-0.15, -0.1) is 0 Å². The van der Waals surface area contributed by atoms with E-state index in [0.29, 0.717) is 22.6 Å². The topological polar surface area (TPSA) is 110 Å². The van der Waals surface area contributed by atoms with Crippen molar-refractivity contribution >= 4 is 11.7 Å². The van der Waals surface area contributed by atoms with Gasteiger partial charge in [-0.3, -0.25) is 4.79 Å². The van der Waals surface area contributed by atoms with Gasteiger partial charge in [0.2, 0.25) is 0 Å². The van der Waals surface area contributed by atoms with Crippen LogP contribution in [0.3, 0.4) is 0 Å². The molecule has 3 aromatic rings. The van der Waals surface area contributed by atoms with Crippen LogP contribution in [0.5, 0.6) is 0 Å². The summed E-state index contributed by atoms with van der Waals surface area (Å²) >= 11 is 0. The zero-order valence-corrected chi connectivity index (χ0v) is 13.9. The Morgan fingerprint density at radius 1 is 1.32 bits per heavy atom. The van der Waals surface area contributed by atoms with E-state index in [4.69, 9.17) is 15.4 Å². The minimum atomic E-state index is -0.235. The van der Waals surface area contributed by atoms with Crippen molar-refractivity contribution in [2.24, 2.45) is 0 Å². The van der Waals surface area contributed by atoms with Crippen LogP contribution >= 0.6 is 0 Å². The van der Waals surface area contributed by atoms with E-state index < -0.39 is 0 Å². The molecule has 3 rings (SSSR count). The molecule has 0 aliphatic carbocycles. The highest BCUT2D eigenvalue weighted by Gasteiger charge is 2.15. The van der Waals surface area contributed by atoms with Crippen molar-refractivity contribution in [3.05, 3.63) is 65.2 Å². The summed E-state index contributed by atoms with van der Waals surface area (Å²) in [5, 5.41) is 15.9. The van der Waals surface area contributed by atoms with Crippen molar-refractivity contribution in [1.82, 2.24) is 15.1 Å². The normalized spacial score (nSPS) is 11.7. The minimum absolute atomic E-state index is 0.209. The number of aryl methyl sites for hydroxylation is 1. The average Bonchev–Trinajstić information content (AvgIpc) is 3.20. The number of furan rings is 1. The van der Waals surface area contributed by atoms with Gasteiger partial charge < -0.3 is 15.5 Å². The third-order valence-electron chi connectivity index (χ3n) is 3.84. The lowest BCUT2D eigenvalue weighted by molar-refractivity contribution is 0.0935. The van der Waals surface area contributed by atoms with Crippen LogP contribution in [0.1, 0.15) is 40.4 Å². The lowest BCUT2D eigenvalue weighted by Crippen LogP contribution is -2.26. The number of nitrogens with two attached hydrogens (primary N) is 1. The fourth-order valence-corrected chi connectivity index (χ4v) is 2.44. The van der Waals surface area contributed by atoms with Crippen molar-refractivity contribution in [3.63, 3.8) is 0 Å². The fourth-order valence-electron chi connectivity index (χ4n) is 2.44. The van der Waals surface area contributed by atoms with Crippen LogP contribution in [0.15, 0.2) is 47.0 Å². The molecule has 7 heteroatoms. The number of anilines is 1. The van der Waals surface area contributed by atoms with Gasteiger partial charge in [0.15, 0.2) is 0 Å². The Labute approximate surface area is 144 Å². The molecule has 25 heavy (non-hydrogen) atoms. The first-order valence-corrected chi connectivity index (χ1v) is 7.71. The van der Waals surface area contributed by atoms with E-state index in [9.17, 15) is 4.79 Å². The molecular weight excluding hydrogens is 318 g/mol. The monoisotopic (exact) mass is 335 g/mol. The first-order chi connectivity index (χ1) is 12.0. The number of hydrogen-bond donors (Lipinski definition) is 2. The molecule has 1 amide bonds. The smallest absolute Gasteiger partial charge is 0.251 e. The summed E-state index contributed by atoms with van der Waals surface area (Å²) in [6, 6.07) is 12.2. The van der Waals surface area contributed by atoms with Crippen molar-refractivity contribution in [3.8, 4) is 11.8 Å². The maximum atomic E-state index is 12.4. The highest BCUT2D eigenvalue weighted by Crippen LogP contribution is 2.18. The molecule has 0 saturated carbocycles. The number of carbonyl (C=O) groups is 1. The molecule has 0 saturated heterocycles. The summed E-state index contributed by atoms with van der Waals surface area (Å²) in [6.45, 7) is 3.72. The predicted molar refractivity (Wildman–Crippen MR) is 92.0 cm³/mol. The van der Waals surface area contributed by atoms with E-state index in [2.05, 4.69) is 10.4 Å². The van der Waals surface area contributed by atoms with Crippen molar-refractivity contribution in [1.29, 1.82) is 5.26 Å². The molecule has 0 fully saturated rings. The number of nitriles is 1. The summed E-state index contributed by atoms with van der Waals surface area (Å²) in [5.74, 6) is 1.56. The van der Waals surface area contributed by atoms with Crippen molar-refractivity contribution in [2.75, 3.05) is 5.73 Å². The maximum absolute atomic E-state index is 12.4. The Bertz CT molecular complexity index is 947. The number of benzene rings is 1. The predicted octanol–water partition coefficient (Wildman–Crippen LogP) is 2.72. The van der Waals surface area contributed by atoms with Gasteiger partial charge in [0, 0.05) is 5.56 Å². The van der Waals surface area contributed by atoms with Crippen LogP contribution in [0, 0.1) is 18.3 Å². The number of carbonyl (C=O) groups excluding carboxylic acids is 1. The molecule has 3 N–H and O–H groups in total. The summed E-state index contributed by atoms with van der Waals surface area (Å²) in [5.41, 5.74) is 7.35. The van der Waals surface area contributed by atoms with Gasteiger partial charge in [-0.25, -0.2) is 4.68 Å². The summed E-state index contributed by atoms with van der Waals surface area (Å²) in [4.78, 5) is 12.4. The number of amides is 1. The highest BCUT2D eigenvalue weighted by molar-refractivity contribution is 5.94. The lowest BCUT2D eigenvalue weighted by atomic mass is 10.1. The quantitative estimate of drug-likeness (QED) is 0.761. The largest absolute Gasteiger partial charge is 0.464 e. The van der Waals surface area contributed by atoms with Gasteiger partial charge in [0.05, 0.1) is 17.9 Å². The number of aromatic nitrogens is 2. The molecular formula is C18H17N5O2. The zero-order chi connectivity index (χ0) is 18.0. The summed E-state index contributed by atoms with van der Waals surface area (Å²) in [6.07, 6.45) is 1.41.